The van der Waals surface area contributed by atoms with E-state index in [4.69, 9.17) is 57.9 Å². The number of ketones is 2. The SMILES string of the molecule is CC(C)C[C@H](CC(=O)c1nc2ccc(Cl)cc2[nH]1)C(=O)NN(CCC(N)=O)C(=O)[C@@H](F)Cl.CC(C)C[C@H](CC(=O)c1nc2ccc(Cl)cc2[nH]1)C(=O)NN(CCC(N)=O)C(=O)[C@H](F)Cl. The molecule has 0 aliphatic rings. The lowest BCUT2D eigenvalue weighted by molar-refractivity contribution is -0.145. The number of amides is 6. The number of carbonyl (C=O) groups is 8. The van der Waals surface area contributed by atoms with Gasteiger partial charge in [0.15, 0.2) is 23.2 Å². The second-order valence-corrected chi connectivity index (χ2v) is 17.0. The average molecular weight is 977 g/mol. The molecule has 348 valence electrons. The molecule has 24 heteroatoms. The van der Waals surface area contributed by atoms with Crippen molar-refractivity contribution in [3.63, 3.8) is 0 Å². The molecule has 8 N–H and O–H groups in total. The molecule has 4 aromatic rings. The summed E-state index contributed by atoms with van der Waals surface area (Å²) in [6.07, 6.45) is -0.441. The number of alkyl halides is 4. The fraction of sp³-hybridized carbons (Fsp3) is 0.450. The molecule has 0 saturated heterocycles. The fourth-order valence-corrected chi connectivity index (χ4v) is 6.72. The molecule has 0 saturated carbocycles. The van der Waals surface area contributed by atoms with Crippen molar-refractivity contribution in [2.24, 2.45) is 35.1 Å². The standard InChI is InChI=1S/2C20H24Cl2FN5O4/c2*1-10(2)7-11(19(31)27-28(6-5-16(24)30)20(32)17(22)23)8-15(29)18-25-13-4-3-12(21)9-14(13)26-18/h2*3-4,9-11,17H,5-8H2,1-2H3,(H2,24,30)(H,25,26)(H,27,31)/t11-,17+;11-,17-/m11/s1. The van der Waals surface area contributed by atoms with E-state index in [1.165, 1.54) is 0 Å². The summed E-state index contributed by atoms with van der Waals surface area (Å²) in [6, 6.07) is 9.85. The first-order valence-electron chi connectivity index (χ1n) is 19.7. The van der Waals surface area contributed by atoms with Gasteiger partial charge in [0.25, 0.3) is 23.1 Å². The lowest BCUT2D eigenvalue weighted by Gasteiger charge is -2.26. The summed E-state index contributed by atoms with van der Waals surface area (Å²) in [5, 5.41) is 2.16. The molecular weight excluding hydrogens is 928 g/mol. The normalized spacial score (nSPS) is 13.1. The molecule has 0 aliphatic heterocycles. The second kappa shape index (κ2) is 24.6. The van der Waals surface area contributed by atoms with Gasteiger partial charge >= 0.3 is 0 Å². The molecule has 2 aromatic heterocycles. The summed E-state index contributed by atoms with van der Waals surface area (Å²) in [4.78, 5) is 112. The maximum absolute atomic E-state index is 13.3. The Morgan fingerprint density at radius 3 is 1.28 bits per heavy atom. The Kier molecular flexibility index (Phi) is 20.3. The summed E-state index contributed by atoms with van der Waals surface area (Å²) in [5.41, 5.74) is 12.0. The van der Waals surface area contributed by atoms with E-state index in [0.717, 1.165) is 0 Å². The number of aromatic nitrogens is 4. The molecule has 0 aliphatic carbocycles. The Labute approximate surface area is 385 Å². The van der Waals surface area contributed by atoms with Crippen molar-refractivity contribution in [3.05, 3.63) is 58.1 Å². The van der Waals surface area contributed by atoms with Crippen LogP contribution in [0.1, 0.15) is 87.5 Å². The van der Waals surface area contributed by atoms with E-state index in [2.05, 4.69) is 30.8 Å². The van der Waals surface area contributed by atoms with Crippen LogP contribution in [0.25, 0.3) is 22.1 Å². The van der Waals surface area contributed by atoms with E-state index in [1.807, 2.05) is 27.7 Å². The van der Waals surface area contributed by atoms with Crippen LogP contribution >= 0.6 is 46.4 Å². The number of imidazole rings is 2. The number of hydrazine groups is 2. The van der Waals surface area contributed by atoms with Crippen molar-refractivity contribution in [1.82, 2.24) is 40.8 Å². The molecule has 6 amide bonds. The number of primary amides is 2. The van der Waals surface area contributed by atoms with Gasteiger partial charge in [-0.05, 0) is 61.1 Å². The Balaban J connectivity index is 0.000000340. The molecule has 0 bridgehead atoms. The van der Waals surface area contributed by atoms with Crippen LogP contribution in [0.2, 0.25) is 10.0 Å². The summed E-state index contributed by atoms with van der Waals surface area (Å²) < 4.78 is 26.6. The van der Waals surface area contributed by atoms with Gasteiger partial charge in [-0.2, -0.15) is 0 Å². The van der Waals surface area contributed by atoms with E-state index >= 15 is 0 Å². The van der Waals surface area contributed by atoms with Crippen LogP contribution in [-0.2, 0) is 28.8 Å². The number of hydrogen-bond acceptors (Lipinski definition) is 10. The van der Waals surface area contributed by atoms with Gasteiger partial charge in [-0.15, -0.1) is 0 Å². The number of fused-ring (bicyclic) bond motifs is 2. The number of H-pyrrole nitrogens is 2. The number of Topliss-reactive ketones (excluding diaryl/α,β-unsaturated/α-hetero) is 2. The Hall–Kier alpha value is -5.44. The molecule has 2 aromatic carbocycles. The van der Waals surface area contributed by atoms with Gasteiger partial charge in [0.1, 0.15) is 0 Å². The summed E-state index contributed by atoms with van der Waals surface area (Å²) >= 11 is 22.3. The van der Waals surface area contributed by atoms with Crippen molar-refractivity contribution < 1.29 is 47.1 Å². The highest BCUT2D eigenvalue weighted by atomic mass is 35.5. The highest BCUT2D eigenvalue weighted by Gasteiger charge is 2.32. The largest absolute Gasteiger partial charge is 0.370 e. The number of nitrogens with zero attached hydrogens (tertiary/aromatic N) is 4. The first kappa shape index (κ1) is 52.9. The minimum Gasteiger partial charge on any atom is -0.370 e. The van der Waals surface area contributed by atoms with Gasteiger partial charge in [-0.3, -0.25) is 49.2 Å². The molecule has 0 radical (unpaired) electrons. The molecule has 4 rings (SSSR count). The fourth-order valence-electron chi connectivity index (χ4n) is 6.14. The number of hydrogen-bond donors (Lipinski definition) is 6. The van der Waals surface area contributed by atoms with Crippen molar-refractivity contribution in [2.75, 3.05) is 13.1 Å². The molecule has 0 unspecified atom stereocenters. The van der Waals surface area contributed by atoms with Gasteiger partial charge in [-0.1, -0.05) is 74.1 Å². The maximum atomic E-state index is 13.3. The van der Waals surface area contributed by atoms with E-state index < -0.39 is 70.1 Å². The lowest BCUT2D eigenvalue weighted by atomic mass is 9.91. The first-order valence-corrected chi connectivity index (χ1v) is 21.3. The van der Waals surface area contributed by atoms with Gasteiger partial charge in [0, 0.05) is 47.6 Å². The maximum Gasteiger partial charge on any atom is 0.291 e. The third kappa shape index (κ3) is 16.6. The van der Waals surface area contributed by atoms with Gasteiger partial charge in [0.05, 0.1) is 35.2 Å². The number of nitrogens with one attached hydrogen (secondary N) is 4. The van der Waals surface area contributed by atoms with E-state index in [9.17, 15) is 47.1 Å². The number of halogens is 6. The van der Waals surface area contributed by atoms with E-state index in [-0.39, 0.29) is 62.3 Å². The van der Waals surface area contributed by atoms with Crippen LogP contribution in [0, 0.1) is 23.7 Å². The van der Waals surface area contributed by atoms with Crippen molar-refractivity contribution >= 4 is 115 Å². The number of aromatic amines is 2. The highest BCUT2D eigenvalue weighted by molar-refractivity contribution is 6.31. The van der Waals surface area contributed by atoms with Crippen LogP contribution in [0.15, 0.2) is 36.4 Å². The third-order valence-electron chi connectivity index (χ3n) is 9.09. The van der Waals surface area contributed by atoms with Crippen LogP contribution in [0.5, 0.6) is 0 Å². The third-order valence-corrected chi connectivity index (χ3v) is 9.94. The van der Waals surface area contributed by atoms with Crippen LogP contribution in [0.4, 0.5) is 8.78 Å². The quantitative estimate of drug-likeness (QED) is 0.0371. The number of carbonyl (C=O) groups excluding carboxylic acids is 8. The molecule has 0 fully saturated rings. The monoisotopic (exact) mass is 974 g/mol. The minimum atomic E-state index is -2.42. The molecule has 18 nitrogen and oxygen atoms in total. The lowest BCUT2D eigenvalue weighted by Crippen LogP contribution is -2.51. The zero-order valence-electron chi connectivity index (χ0n) is 35.1. The Morgan fingerprint density at radius 2 is 0.984 bits per heavy atom. The molecule has 4 atom stereocenters. The van der Waals surface area contributed by atoms with Crippen LogP contribution in [-0.4, -0.2) is 101 Å². The highest BCUT2D eigenvalue weighted by Crippen LogP contribution is 2.24. The van der Waals surface area contributed by atoms with Gasteiger partial charge in [-0.25, -0.2) is 28.8 Å². The zero-order valence-corrected chi connectivity index (χ0v) is 38.1. The number of rotatable bonds is 20. The smallest absolute Gasteiger partial charge is 0.291 e. The summed E-state index contributed by atoms with van der Waals surface area (Å²) in [7, 11) is 0. The molecule has 64 heavy (non-hydrogen) atoms. The number of benzene rings is 2. The first-order chi connectivity index (χ1) is 29.9. The van der Waals surface area contributed by atoms with E-state index in [1.54, 1.807) is 36.4 Å². The zero-order chi connectivity index (χ0) is 48.0. The topological polar surface area (TPSA) is 276 Å². The Morgan fingerprint density at radius 1 is 0.641 bits per heavy atom. The van der Waals surface area contributed by atoms with Crippen LogP contribution < -0.4 is 22.3 Å². The number of nitrogens with two attached hydrogens (primary N) is 2. The van der Waals surface area contributed by atoms with Crippen LogP contribution in [0.3, 0.4) is 0 Å². The molecular formula is C40H48Cl4F2N10O8. The minimum absolute atomic E-state index is 0.0322. The molecule has 0 spiro atoms. The van der Waals surface area contributed by atoms with Crippen molar-refractivity contribution in [3.8, 4) is 0 Å². The van der Waals surface area contributed by atoms with Gasteiger partial charge in [0.2, 0.25) is 23.6 Å². The van der Waals surface area contributed by atoms with Crippen molar-refractivity contribution in [2.45, 2.75) is 77.5 Å². The summed E-state index contributed by atoms with van der Waals surface area (Å²) in [5.74, 6) is -7.73. The van der Waals surface area contributed by atoms with E-state index in [0.29, 0.717) is 55.0 Å². The molecule has 2 heterocycles. The Bertz CT molecular complexity index is 2180. The second-order valence-electron chi connectivity index (χ2n) is 15.4. The predicted molar refractivity (Wildman–Crippen MR) is 235 cm³/mol. The van der Waals surface area contributed by atoms with Gasteiger partial charge < -0.3 is 21.4 Å². The predicted octanol–water partition coefficient (Wildman–Crippen LogP) is 5.44. The average Bonchev–Trinajstić information content (AvgIpc) is 3.83. The summed E-state index contributed by atoms with van der Waals surface area (Å²) in [6.45, 7) is 6.72. The van der Waals surface area contributed by atoms with Crippen molar-refractivity contribution in [1.29, 1.82) is 0 Å².